The normalized spacial score (nSPS) is 10.7. The van der Waals surface area contributed by atoms with E-state index in [4.69, 9.17) is 27.9 Å². The Bertz CT molecular complexity index is 1030. The quantitative estimate of drug-likeness (QED) is 0.653. The Balaban J connectivity index is 2.03. The van der Waals surface area contributed by atoms with Crippen molar-refractivity contribution in [1.82, 2.24) is 9.55 Å². The molecule has 0 aliphatic heterocycles. The summed E-state index contributed by atoms with van der Waals surface area (Å²) in [4.78, 5) is 16.3. The van der Waals surface area contributed by atoms with E-state index in [1.165, 1.54) is 7.11 Å². The van der Waals surface area contributed by atoms with Gasteiger partial charge in [-0.1, -0.05) is 35.3 Å². The van der Waals surface area contributed by atoms with E-state index in [2.05, 4.69) is 10.3 Å². The van der Waals surface area contributed by atoms with Crippen LogP contribution in [0.2, 0.25) is 10.0 Å². The van der Waals surface area contributed by atoms with Gasteiger partial charge in [0.25, 0.3) is 0 Å². The summed E-state index contributed by atoms with van der Waals surface area (Å²) in [6.07, 6.45) is 1.64. The number of aryl methyl sites for hydroxylation is 2. The van der Waals surface area contributed by atoms with Crippen molar-refractivity contribution < 1.29 is 4.74 Å². The number of anilines is 2. The van der Waals surface area contributed by atoms with Crippen LogP contribution in [0.4, 0.5) is 11.6 Å². The molecule has 0 unspecified atom stereocenters. The van der Waals surface area contributed by atoms with E-state index in [9.17, 15) is 4.79 Å². The van der Waals surface area contributed by atoms with Crippen molar-refractivity contribution >= 4 is 34.8 Å². The summed E-state index contributed by atoms with van der Waals surface area (Å²) in [5.41, 5.74) is 3.30. The number of aromatic nitrogens is 2. The third-order valence-corrected chi connectivity index (χ3v) is 4.86. The van der Waals surface area contributed by atoms with E-state index < -0.39 is 5.56 Å². The Hall–Kier alpha value is -2.50. The predicted molar refractivity (Wildman–Crippen MR) is 110 cm³/mol. The molecular formula is C20H19Cl2N3O2. The van der Waals surface area contributed by atoms with Crippen LogP contribution in [0.25, 0.3) is 0 Å². The lowest BCUT2D eigenvalue weighted by molar-refractivity contribution is 0.402. The summed E-state index contributed by atoms with van der Waals surface area (Å²) in [7, 11) is 1.45. The minimum absolute atomic E-state index is 0.179. The second-order valence-corrected chi connectivity index (χ2v) is 7.08. The van der Waals surface area contributed by atoms with Gasteiger partial charge < -0.3 is 14.6 Å². The molecule has 3 rings (SSSR count). The van der Waals surface area contributed by atoms with Gasteiger partial charge in [0.2, 0.25) is 11.7 Å². The predicted octanol–water partition coefficient (Wildman–Crippen LogP) is 4.97. The molecule has 1 heterocycles. The van der Waals surface area contributed by atoms with Crippen LogP contribution < -0.4 is 15.6 Å². The highest BCUT2D eigenvalue weighted by atomic mass is 35.5. The summed E-state index contributed by atoms with van der Waals surface area (Å²) in [5.74, 6) is 0.596. The van der Waals surface area contributed by atoms with Crippen LogP contribution in [-0.2, 0) is 6.54 Å². The standard InChI is InChI=1S/C20H19Cl2N3O2/c1-12-9-17(13(2)8-16(12)22)23-20-24-19(26)18(27-3)11-25(20)10-14-4-6-15(21)7-5-14/h4-9,11H,10H2,1-3H3,(H,23,24,26). The lowest BCUT2D eigenvalue weighted by Crippen LogP contribution is -2.19. The molecule has 0 saturated heterocycles. The second kappa shape index (κ2) is 8.03. The van der Waals surface area contributed by atoms with Gasteiger partial charge in [0.1, 0.15) is 0 Å². The third-order valence-electron chi connectivity index (χ3n) is 4.20. The minimum Gasteiger partial charge on any atom is -0.490 e. The van der Waals surface area contributed by atoms with E-state index in [1.807, 2.05) is 54.8 Å². The summed E-state index contributed by atoms with van der Waals surface area (Å²) >= 11 is 12.1. The number of halogens is 2. The average molecular weight is 404 g/mol. The number of rotatable bonds is 5. The van der Waals surface area contributed by atoms with Gasteiger partial charge in [0.05, 0.1) is 19.9 Å². The van der Waals surface area contributed by atoms with Crippen molar-refractivity contribution in [2.24, 2.45) is 0 Å². The highest BCUT2D eigenvalue weighted by Crippen LogP contribution is 2.26. The fourth-order valence-corrected chi connectivity index (χ4v) is 3.00. The number of hydrogen-bond donors (Lipinski definition) is 1. The fourth-order valence-electron chi connectivity index (χ4n) is 2.66. The van der Waals surface area contributed by atoms with E-state index in [-0.39, 0.29) is 5.75 Å². The number of ether oxygens (including phenoxy) is 1. The Morgan fingerprint density at radius 3 is 2.48 bits per heavy atom. The van der Waals surface area contributed by atoms with Gasteiger partial charge >= 0.3 is 5.56 Å². The van der Waals surface area contributed by atoms with Crippen molar-refractivity contribution in [3.8, 4) is 5.75 Å². The van der Waals surface area contributed by atoms with Gasteiger partial charge in [-0.25, -0.2) is 0 Å². The zero-order valence-corrected chi connectivity index (χ0v) is 16.7. The fraction of sp³-hybridized carbons (Fsp3) is 0.200. The van der Waals surface area contributed by atoms with Crippen LogP contribution in [0, 0.1) is 13.8 Å². The van der Waals surface area contributed by atoms with Crippen LogP contribution in [0.1, 0.15) is 16.7 Å². The maximum atomic E-state index is 12.2. The Morgan fingerprint density at radius 1 is 1.11 bits per heavy atom. The summed E-state index contributed by atoms with van der Waals surface area (Å²) in [6.45, 7) is 4.36. The van der Waals surface area contributed by atoms with Gasteiger partial charge in [-0.2, -0.15) is 4.98 Å². The molecule has 0 amide bonds. The molecular weight excluding hydrogens is 385 g/mol. The number of nitrogens with one attached hydrogen (secondary N) is 1. The van der Waals surface area contributed by atoms with Gasteiger partial charge in [0, 0.05) is 15.7 Å². The zero-order chi connectivity index (χ0) is 19.6. The molecule has 1 N–H and O–H groups in total. The van der Waals surface area contributed by atoms with Crippen LogP contribution in [0.15, 0.2) is 47.4 Å². The molecule has 0 spiro atoms. The molecule has 5 nitrogen and oxygen atoms in total. The molecule has 0 bridgehead atoms. The maximum Gasteiger partial charge on any atom is 0.316 e. The first kappa shape index (κ1) is 19.3. The smallest absolute Gasteiger partial charge is 0.316 e. The molecule has 0 saturated carbocycles. The summed E-state index contributed by atoms with van der Waals surface area (Å²) in [5, 5.41) is 4.60. The van der Waals surface area contributed by atoms with E-state index in [1.54, 1.807) is 6.20 Å². The molecule has 2 aromatic carbocycles. The second-order valence-electron chi connectivity index (χ2n) is 6.23. The van der Waals surface area contributed by atoms with Crippen molar-refractivity contribution in [1.29, 1.82) is 0 Å². The topological polar surface area (TPSA) is 56.1 Å². The van der Waals surface area contributed by atoms with Crippen molar-refractivity contribution in [3.63, 3.8) is 0 Å². The first-order valence-electron chi connectivity index (χ1n) is 8.31. The van der Waals surface area contributed by atoms with Gasteiger partial charge in [-0.3, -0.25) is 4.79 Å². The minimum atomic E-state index is -0.435. The monoisotopic (exact) mass is 403 g/mol. The first-order valence-corrected chi connectivity index (χ1v) is 9.06. The van der Waals surface area contributed by atoms with Gasteiger partial charge in [-0.05, 0) is 54.8 Å². The molecule has 0 radical (unpaired) electrons. The Labute approximate surface area is 167 Å². The molecule has 0 fully saturated rings. The SMILES string of the molecule is COc1cn(Cc2ccc(Cl)cc2)c(Nc2cc(C)c(Cl)cc2C)nc1=O. The maximum absolute atomic E-state index is 12.2. The lowest BCUT2D eigenvalue weighted by Gasteiger charge is -2.17. The molecule has 3 aromatic rings. The molecule has 0 atom stereocenters. The van der Waals surface area contributed by atoms with Gasteiger partial charge in [-0.15, -0.1) is 0 Å². The molecule has 0 aliphatic rings. The van der Waals surface area contributed by atoms with Gasteiger partial charge in [0.15, 0.2) is 0 Å². The van der Waals surface area contributed by atoms with Crippen LogP contribution in [0.3, 0.4) is 0 Å². The molecule has 140 valence electrons. The largest absolute Gasteiger partial charge is 0.490 e. The average Bonchev–Trinajstić information content (AvgIpc) is 2.63. The number of methoxy groups -OCH3 is 1. The van der Waals surface area contributed by atoms with Crippen LogP contribution in [-0.4, -0.2) is 16.7 Å². The highest BCUT2D eigenvalue weighted by Gasteiger charge is 2.12. The van der Waals surface area contributed by atoms with E-state index >= 15 is 0 Å². The zero-order valence-electron chi connectivity index (χ0n) is 15.2. The highest BCUT2D eigenvalue weighted by molar-refractivity contribution is 6.31. The lowest BCUT2D eigenvalue weighted by atomic mass is 10.1. The third kappa shape index (κ3) is 4.43. The molecule has 1 aromatic heterocycles. The summed E-state index contributed by atoms with van der Waals surface area (Å²) < 4.78 is 6.97. The Morgan fingerprint density at radius 2 is 1.81 bits per heavy atom. The molecule has 0 aliphatic carbocycles. The van der Waals surface area contributed by atoms with Crippen molar-refractivity contribution in [3.05, 3.63) is 79.7 Å². The number of benzene rings is 2. The number of hydrogen-bond acceptors (Lipinski definition) is 4. The van der Waals surface area contributed by atoms with Crippen molar-refractivity contribution in [2.75, 3.05) is 12.4 Å². The summed E-state index contributed by atoms with van der Waals surface area (Å²) in [6, 6.07) is 11.3. The van der Waals surface area contributed by atoms with Crippen molar-refractivity contribution in [2.45, 2.75) is 20.4 Å². The van der Waals surface area contributed by atoms with Crippen LogP contribution >= 0.6 is 23.2 Å². The van der Waals surface area contributed by atoms with E-state index in [0.717, 1.165) is 22.4 Å². The molecule has 7 heteroatoms. The number of nitrogens with zero attached hydrogens (tertiary/aromatic N) is 2. The molecule has 27 heavy (non-hydrogen) atoms. The first-order chi connectivity index (χ1) is 12.9. The van der Waals surface area contributed by atoms with Crippen LogP contribution in [0.5, 0.6) is 5.75 Å². The Kier molecular flexibility index (Phi) is 5.73. The van der Waals surface area contributed by atoms with E-state index in [0.29, 0.717) is 22.5 Å².